The Labute approximate surface area is 109 Å². The summed E-state index contributed by atoms with van der Waals surface area (Å²) in [5.74, 6) is 0. The Kier molecular flexibility index (Phi) is 4.38. The first-order chi connectivity index (χ1) is 8.56. The molecule has 2 unspecified atom stereocenters. The first kappa shape index (κ1) is 13.5. The summed E-state index contributed by atoms with van der Waals surface area (Å²) in [5.41, 5.74) is 3.41. The van der Waals surface area contributed by atoms with E-state index in [0.29, 0.717) is 6.54 Å². The van der Waals surface area contributed by atoms with Gasteiger partial charge in [-0.3, -0.25) is 4.90 Å². The van der Waals surface area contributed by atoms with Crippen molar-refractivity contribution in [1.29, 1.82) is 0 Å². The molecule has 0 amide bonds. The van der Waals surface area contributed by atoms with E-state index in [4.69, 9.17) is 4.74 Å². The van der Waals surface area contributed by atoms with Crippen LogP contribution in [0.25, 0.3) is 0 Å². The predicted octanol–water partition coefficient (Wildman–Crippen LogP) is 2.06. The molecule has 100 valence electrons. The third kappa shape index (κ3) is 3.31. The number of aliphatic hydroxyl groups is 1. The van der Waals surface area contributed by atoms with Gasteiger partial charge in [0, 0.05) is 19.6 Å². The van der Waals surface area contributed by atoms with E-state index in [1.165, 1.54) is 5.56 Å². The van der Waals surface area contributed by atoms with E-state index in [1.54, 1.807) is 0 Å². The molecule has 1 aromatic rings. The second-order valence-corrected chi connectivity index (χ2v) is 5.32. The fourth-order valence-electron chi connectivity index (χ4n) is 2.52. The maximum atomic E-state index is 10.4. The van der Waals surface area contributed by atoms with E-state index in [0.717, 1.165) is 30.8 Å². The number of morpholine rings is 1. The number of ether oxygens (including phenoxy) is 1. The summed E-state index contributed by atoms with van der Waals surface area (Å²) < 4.78 is 5.51. The van der Waals surface area contributed by atoms with Gasteiger partial charge in [0.15, 0.2) is 0 Å². The van der Waals surface area contributed by atoms with Crippen molar-refractivity contribution < 1.29 is 9.84 Å². The molecule has 18 heavy (non-hydrogen) atoms. The van der Waals surface area contributed by atoms with Gasteiger partial charge in [0.25, 0.3) is 0 Å². The predicted molar refractivity (Wildman–Crippen MR) is 72.7 cm³/mol. The molecule has 1 saturated heterocycles. The maximum Gasteiger partial charge on any atom is 0.0919 e. The Morgan fingerprint density at radius 2 is 2.22 bits per heavy atom. The van der Waals surface area contributed by atoms with E-state index in [2.05, 4.69) is 43.9 Å². The zero-order valence-electron chi connectivity index (χ0n) is 11.5. The molecule has 1 aliphatic heterocycles. The number of nitrogens with zero attached hydrogens (tertiary/aromatic N) is 1. The molecule has 3 heteroatoms. The molecule has 0 spiro atoms. The van der Waals surface area contributed by atoms with Crippen LogP contribution in [0.15, 0.2) is 18.2 Å². The van der Waals surface area contributed by atoms with Crippen molar-refractivity contribution in [3.05, 3.63) is 34.9 Å². The van der Waals surface area contributed by atoms with Gasteiger partial charge in [-0.15, -0.1) is 0 Å². The number of rotatable bonds is 3. The van der Waals surface area contributed by atoms with Crippen LogP contribution in [0.5, 0.6) is 0 Å². The zero-order chi connectivity index (χ0) is 13.1. The first-order valence-corrected chi connectivity index (χ1v) is 6.65. The minimum atomic E-state index is -0.407. The molecule has 3 nitrogen and oxygen atoms in total. The Bertz CT molecular complexity index is 405. The monoisotopic (exact) mass is 249 g/mol. The smallest absolute Gasteiger partial charge is 0.0919 e. The molecule has 1 N–H and O–H groups in total. The lowest BCUT2D eigenvalue weighted by molar-refractivity contribution is -0.0319. The van der Waals surface area contributed by atoms with Crippen molar-refractivity contribution in [1.82, 2.24) is 4.90 Å². The van der Waals surface area contributed by atoms with Crippen LogP contribution in [0.4, 0.5) is 0 Å². The lowest BCUT2D eigenvalue weighted by Crippen LogP contribution is -2.43. The summed E-state index contributed by atoms with van der Waals surface area (Å²) in [4.78, 5) is 2.28. The number of hydrogen-bond donors (Lipinski definition) is 1. The van der Waals surface area contributed by atoms with Gasteiger partial charge < -0.3 is 9.84 Å². The summed E-state index contributed by atoms with van der Waals surface area (Å²) in [6, 6.07) is 6.25. The van der Waals surface area contributed by atoms with Gasteiger partial charge in [-0.05, 0) is 31.9 Å². The van der Waals surface area contributed by atoms with Gasteiger partial charge in [-0.1, -0.05) is 23.8 Å². The van der Waals surface area contributed by atoms with Gasteiger partial charge in [0.05, 0.1) is 18.8 Å². The van der Waals surface area contributed by atoms with Crippen LogP contribution < -0.4 is 0 Å². The second-order valence-electron chi connectivity index (χ2n) is 5.32. The zero-order valence-corrected chi connectivity index (χ0v) is 11.5. The normalized spacial score (nSPS) is 23.0. The van der Waals surface area contributed by atoms with Gasteiger partial charge in [-0.2, -0.15) is 0 Å². The van der Waals surface area contributed by atoms with E-state index in [1.807, 2.05) is 0 Å². The highest BCUT2D eigenvalue weighted by molar-refractivity contribution is 5.32. The Hall–Kier alpha value is -0.900. The first-order valence-electron chi connectivity index (χ1n) is 6.65. The van der Waals surface area contributed by atoms with Gasteiger partial charge in [0.2, 0.25) is 0 Å². The maximum absolute atomic E-state index is 10.4. The van der Waals surface area contributed by atoms with Crippen molar-refractivity contribution in [2.45, 2.75) is 33.0 Å². The summed E-state index contributed by atoms with van der Waals surface area (Å²) in [7, 11) is 0. The highest BCUT2D eigenvalue weighted by Gasteiger charge is 2.20. The average molecular weight is 249 g/mol. The molecule has 0 radical (unpaired) electrons. The number of aliphatic hydroxyl groups excluding tert-OH is 1. The van der Waals surface area contributed by atoms with Gasteiger partial charge >= 0.3 is 0 Å². The van der Waals surface area contributed by atoms with Crippen LogP contribution >= 0.6 is 0 Å². The molecule has 2 atom stereocenters. The molecule has 0 saturated carbocycles. The lowest BCUT2D eigenvalue weighted by atomic mass is 10.0. The van der Waals surface area contributed by atoms with Crippen molar-refractivity contribution in [3.8, 4) is 0 Å². The number of β-amino-alcohol motifs (C(OH)–C–C–N with tert-alkyl or cyclic N) is 1. The Balaban J connectivity index is 2.02. The quantitative estimate of drug-likeness (QED) is 0.890. The molecule has 2 rings (SSSR count). The largest absolute Gasteiger partial charge is 0.387 e. The highest BCUT2D eigenvalue weighted by Crippen LogP contribution is 2.21. The Morgan fingerprint density at radius 3 is 2.94 bits per heavy atom. The molecule has 0 aromatic heterocycles. The fourth-order valence-corrected chi connectivity index (χ4v) is 2.52. The molecule has 1 aromatic carbocycles. The standard InChI is InChI=1S/C15H23NO2/c1-11-4-5-12(2)14(8-11)15(17)10-16-6-7-18-13(3)9-16/h4-5,8,13,15,17H,6-7,9-10H2,1-3H3. The van der Waals surface area contributed by atoms with E-state index >= 15 is 0 Å². The summed E-state index contributed by atoms with van der Waals surface area (Å²) in [5, 5.41) is 10.4. The van der Waals surface area contributed by atoms with E-state index < -0.39 is 6.10 Å². The second kappa shape index (κ2) is 5.83. The number of aryl methyl sites for hydroxylation is 2. The Morgan fingerprint density at radius 1 is 1.44 bits per heavy atom. The minimum absolute atomic E-state index is 0.268. The third-order valence-electron chi connectivity index (χ3n) is 3.55. The van der Waals surface area contributed by atoms with Crippen LogP contribution in [0, 0.1) is 13.8 Å². The molecule has 1 aliphatic rings. The molecular formula is C15H23NO2. The molecule has 0 aliphatic carbocycles. The van der Waals surface area contributed by atoms with Crippen LogP contribution in [0.1, 0.15) is 29.7 Å². The number of hydrogen-bond acceptors (Lipinski definition) is 3. The van der Waals surface area contributed by atoms with Crippen molar-refractivity contribution in [3.63, 3.8) is 0 Å². The van der Waals surface area contributed by atoms with Crippen LogP contribution in [-0.2, 0) is 4.74 Å². The minimum Gasteiger partial charge on any atom is -0.387 e. The summed E-state index contributed by atoms with van der Waals surface area (Å²) in [6.07, 6.45) is -0.139. The van der Waals surface area contributed by atoms with Crippen molar-refractivity contribution in [2.75, 3.05) is 26.2 Å². The molecule has 1 fully saturated rings. The molecule has 1 heterocycles. The van der Waals surface area contributed by atoms with Crippen molar-refractivity contribution >= 4 is 0 Å². The average Bonchev–Trinajstić information content (AvgIpc) is 2.32. The fraction of sp³-hybridized carbons (Fsp3) is 0.600. The van der Waals surface area contributed by atoms with Gasteiger partial charge in [-0.25, -0.2) is 0 Å². The topological polar surface area (TPSA) is 32.7 Å². The molecular weight excluding hydrogens is 226 g/mol. The number of benzene rings is 1. The van der Waals surface area contributed by atoms with E-state index in [-0.39, 0.29) is 6.10 Å². The van der Waals surface area contributed by atoms with Gasteiger partial charge in [0.1, 0.15) is 0 Å². The van der Waals surface area contributed by atoms with Crippen molar-refractivity contribution in [2.24, 2.45) is 0 Å². The highest BCUT2D eigenvalue weighted by atomic mass is 16.5. The molecule has 0 bridgehead atoms. The summed E-state index contributed by atoms with van der Waals surface area (Å²) in [6.45, 7) is 9.47. The van der Waals surface area contributed by atoms with E-state index in [9.17, 15) is 5.11 Å². The SMILES string of the molecule is Cc1ccc(C)c(C(O)CN2CCOC(C)C2)c1. The lowest BCUT2D eigenvalue weighted by Gasteiger charge is -2.32. The van der Waals surface area contributed by atoms with Crippen LogP contribution in [-0.4, -0.2) is 42.4 Å². The summed E-state index contributed by atoms with van der Waals surface area (Å²) >= 11 is 0. The van der Waals surface area contributed by atoms with Crippen LogP contribution in [0.3, 0.4) is 0 Å². The third-order valence-corrected chi connectivity index (χ3v) is 3.55. The van der Waals surface area contributed by atoms with Crippen LogP contribution in [0.2, 0.25) is 0 Å².